The molecule has 2 heterocycles. The Balaban J connectivity index is 1.70. The number of hydrogen-bond acceptors (Lipinski definition) is 5. The molecule has 1 atom stereocenters. The van der Waals surface area contributed by atoms with Gasteiger partial charge in [-0.05, 0) is 18.4 Å². The normalized spacial score (nSPS) is 17.3. The molecule has 2 aromatic rings. The van der Waals surface area contributed by atoms with E-state index < -0.39 is 0 Å². The molecule has 3 rings (SSSR count). The predicted octanol–water partition coefficient (Wildman–Crippen LogP) is 2.48. The summed E-state index contributed by atoms with van der Waals surface area (Å²) in [6, 6.07) is 12.3. The Morgan fingerprint density at radius 3 is 2.79 bits per heavy atom. The molecule has 1 aliphatic heterocycles. The summed E-state index contributed by atoms with van der Waals surface area (Å²) in [5.41, 5.74) is 1.15. The van der Waals surface area contributed by atoms with Gasteiger partial charge < -0.3 is 13.9 Å². The van der Waals surface area contributed by atoms with Crippen LogP contribution in [0.25, 0.3) is 0 Å². The van der Waals surface area contributed by atoms with Crippen LogP contribution in [-0.2, 0) is 17.7 Å². The Hall–Kier alpha value is -2.11. The van der Waals surface area contributed by atoms with E-state index in [1.807, 2.05) is 6.07 Å². The van der Waals surface area contributed by atoms with E-state index in [4.69, 9.17) is 13.9 Å². The molecule has 1 fully saturated rings. The highest BCUT2D eigenvalue weighted by Crippen LogP contribution is 2.17. The lowest BCUT2D eigenvalue weighted by Gasteiger charge is -2.27. The first kappa shape index (κ1) is 16.7. The molecule has 0 amide bonds. The Morgan fingerprint density at radius 1 is 1.29 bits per heavy atom. The van der Waals surface area contributed by atoms with Gasteiger partial charge in [-0.25, -0.2) is 0 Å². The van der Waals surface area contributed by atoms with Gasteiger partial charge in [0.2, 0.25) is 11.2 Å². The van der Waals surface area contributed by atoms with E-state index in [9.17, 15) is 4.79 Å². The van der Waals surface area contributed by atoms with E-state index in [0.717, 1.165) is 32.6 Å². The van der Waals surface area contributed by atoms with Gasteiger partial charge in [-0.1, -0.05) is 30.3 Å². The van der Waals surface area contributed by atoms with Crippen molar-refractivity contribution in [2.24, 2.45) is 0 Å². The van der Waals surface area contributed by atoms with Crippen molar-refractivity contribution in [3.63, 3.8) is 0 Å². The monoisotopic (exact) mass is 329 g/mol. The zero-order valence-electron chi connectivity index (χ0n) is 13.9. The maximum Gasteiger partial charge on any atom is 0.227 e. The van der Waals surface area contributed by atoms with E-state index in [2.05, 4.69) is 29.2 Å². The summed E-state index contributed by atoms with van der Waals surface area (Å²) in [4.78, 5) is 14.3. The summed E-state index contributed by atoms with van der Waals surface area (Å²) in [7, 11) is 1.47. The Kier molecular flexibility index (Phi) is 5.67. The van der Waals surface area contributed by atoms with Crippen LogP contribution < -0.4 is 10.2 Å². The van der Waals surface area contributed by atoms with E-state index in [-0.39, 0.29) is 11.2 Å². The topological polar surface area (TPSA) is 51.9 Å². The van der Waals surface area contributed by atoms with Gasteiger partial charge in [0, 0.05) is 25.3 Å². The molecule has 0 aliphatic carbocycles. The fourth-order valence-corrected chi connectivity index (χ4v) is 2.99. The lowest BCUT2D eigenvalue weighted by Crippen LogP contribution is -2.37. The van der Waals surface area contributed by atoms with E-state index >= 15 is 0 Å². The maximum absolute atomic E-state index is 11.9. The van der Waals surface area contributed by atoms with E-state index in [1.54, 1.807) is 0 Å². The number of hydrogen-bond donors (Lipinski definition) is 0. The highest BCUT2D eigenvalue weighted by atomic mass is 16.5. The summed E-state index contributed by atoms with van der Waals surface area (Å²) in [6.45, 7) is 3.02. The Bertz CT molecular complexity index is 692. The van der Waals surface area contributed by atoms with Gasteiger partial charge in [-0.15, -0.1) is 0 Å². The van der Waals surface area contributed by atoms with Crippen molar-refractivity contribution in [3.8, 4) is 5.75 Å². The van der Waals surface area contributed by atoms with Crippen LogP contribution in [0.3, 0.4) is 0 Å². The third-order valence-corrected chi connectivity index (χ3v) is 4.38. The van der Waals surface area contributed by atoms with Crippen molar-refractivity contribution in [2.75, 3.05) is 26.9 Å². The fourth-order valence-electron chi connectivity index (χ4n) is 2.99. The number of ether oxygens (including phenoxy) is 2. The largest absolute Gasteiger partial charge is 0.490 e. The lowest BCUT2D eigenvalue weighted by atomic mass is 10.1. The summed E-state index contributed by atoms with van der Waals surface area (Å²) in [5, 5.41) is 0. The predicted molar refractivity (Wildman–Crippen MR) is 91.3 cm³/mol. The fraction of sp³-hybridized carbons (Fsp3) is 0.421. The van der Waals surface area contributed by atoms with E-state index in [1.165, 1.54) is 25.0 Å². The Morgan fingerprint density at radius 2 is 2.12 bits per heavy atom. The molecule has 24 heavy (non-hydrogen) atoms. The van der Waals surface area contributed by atoms with Gasteiger partial charge in [0.1, 0.15) is 12.0 Å². The summed E-state index contributed by atoms with van der Waals surface area (Å²) < 4.78 is 16.1. The van der Waals surface area contributed by atoms with Gasteiger partial charge in [0.05, 0.1) is 20.3 Å². The minimum atomic E-state index is -0.149. The average Bonchev–Trinajstić information content (AvgIpc) is 3.14. The molecule has 5 heteroatoms. The zero-order chi connectivity index (χ0) is 16.8. The van der Waals surface area contributed by atoms with Crippen molar-refractivity contribution < 1.29 is 13.9 Å². The van der Waals surface area contributed by atoms with Crippen LogP contribution >= 0.6 is 0 Å². The van der Waals surface area contributed by atoms with Gasteiger partial charge in [0.25, 0.3) is 0 Å². The second-order valence-corrected chi connectivity index (χ2v) is 6.00. The van der Waals surface area contributed by atoms with Crippen molar-refractivity contribution in [2.45, 2.75) is 25.4 Å². The van der Waals surface area contributed by atoms with Gasteiger partial charge in [-0.3, -0.25) is 9.69 Å². The first-order valence-electron chi connectivity index (χ1n) is 8.27. The molecule has 0 N–H and O–H groups in total. The first-order valence-corrected chi connectivity index (χ1v) is 8.27. The molecule has 1 aromatic carbocycles. The van der Waals surface area contributed by atoms with Crippen molar-refractivity contribution in [1.29, 1.82) is 0 Å². The van der Waals surface area contributed by atoms with E-state index in [0.29, 0.717) is 18.3 Å². The van der Waals surface area contributed by atoms with Crippen LogP contribution in [0, 0.1) is 0 Å². The second-order valence-electron chi connectivity index (χ2n) is 6.00. The minimum absolute atomic E-state index is 0.149. The third-order valence-electron chi connectivity index (χ3n) is 4.38. The SMILES string of the molecule is COc1coc(CN(CCc2ccccc2)C2CCOC2)cc1=O. The van der Waals surface area contributed by atoms with Gasteiger partial charge in [0.15, 0.2) is 0 Å². The highest BCUT2D eigenvalue weighted by molar-refractivity contribution is 5.18. The van der Waals surface area contributed by atoms with Gasteiger partial charge in [-0.2, -0.15) is 0 Å². The third kappa shape index (κ3) is 4.24. The Labute approximate surface area is 141 Å². The molecule has 5 nitrogen and oxygen atoms in total. The molecule has 0 saturated carbocycles. The molecule has 1 saturated heterocycles. The number of nitrogens with zero attached hydrogens (tertiary/aromatic N) is 1. The van der Waals surface area contributed by atoms with Crippen molar-refractivity contribution in [3.05, 3.63) is 64.2 Å². The highest BCUT2D eigenvalue weighted by Gasteiger charge is 2.24. The second kappa shape index (κ2) is 8.13. The van der Waals surface area contributed by atoms with Crippen molar-refractivity contribution >= 4 is 0 Å². The molecular weight excluding hydrogens is 306 g/mol. The minimum Gasteiger partial charge on any atom is -0.490 e. The average molecular weight is 329 g/mol. The summed E-state index contributed by atoms with van der Waals surface area (Å²) in [5.74, 6) is 0.888. The number of methoxy groups -OCH3 is 1. The first-order chi connectivity index (χ1) is 11.8. The molecule has 0 spiro atoms. The molecular formula is C19H23NO4. The molecule has 128 valence electrons. The molecule has 0 radical (unpaired) electrons. The van der Waals surface area contributed by atoms with Gasteiger partial charge >= 0.3 is 0 Å². The number of rotatable bonds is 7. The van der Waals surface area contributed by atoms with Crippen LogP contribution in [0.15, 0.2) is 51.9 Å². The van der Waals surface area contributed by atoms with Crippen LogP contribution in [0.2, 0.25) is 0 Å². The molecule has 1 aromatic heterocycles. The number of benzene rings is 1. The smallest absolute Gasteiger partial charge is 0.227 e. The zero-order valence-corrected chi connectivity index (χ0v) is 13.9. The molecule has 1 aliphatic rings. The van der Waals surface area contributed by atoms with Crippen LogP contribution in [0.4, 0.5) is 0 Å². The lowest BCUT2D eigenvalue weighted by molar-refractivity contribution is 0.133. The quantitative estimate of drug-likeness (QED) is 0.781. The molecule has 1 unspecified atom stereocenters. The van der Waals surface area contributed by atoms with Crippen LogP contribution in [-0.4, -0.2) is 37.8 Å². The van der Waals surface area contributed by atoms with Crippen molar-refractivity contribution in [1.82, 2.24) is 4.90 Å². The molecule has 0 bridgehead atoms. The maximum atomic E-state index is 11.9. The van der Waals surface area contributed by atoms with Crippen LogP contribution in [0.5, 0.6) is 5.75 Å². The summed E-state index contributed by atoms with van der Waals surface area (Å²) in [6.07, 6.45) is 3.35. The van der Waals surface area contributed by atoms with Crippen LogP contribution in [0.1, 0.15) is 17.7 Å². The summed E-state index contributed by atoms with van der Waals surface area (Å²) >= 11 is 0. The standard InChI is InChI=1S/C19H23NO4/c1-22-19-14-24-17(11-18(19)21)12-20(16-8-10-23-13-16)9-7-15-5-3-2-4-6-15/h2-6,11,14,16H,7-10,12-13H2,1H3.